The molecule has 38 heavy (non-hydrogen) atoms. The van der Waals surface area contributed by atoms with Crippen LogP contribution in [0.4, 0.5) is 0 Å². The normalized spacial score (nSPS) is 11.2. The van der Waals surface area contributed by atoms with Gasteiger partial charge in [0.2, 0.25) is 0 Å². The van der Waals surface area contributed by atoms with Crippen LogP contribution in [0.5, 0.6) is 11.5 Å². The van der Waals surface area contributed by atoms with E-state index in [1.54, 1.807) is 50.4 Å². The first-order valence-corrected chi connectivity index (χ1v) is 12.8. The Morgan fingerprint density at radius 1 is 0.947 bits per heavy atom. The molecule has 1 amide bonds. The van der Waals surface area contributed by atoms with Crippen molar-refractivity contribution in [1.29, 1.82) is 0 Å². The molecule has 4 aromatic rings. The van der Waals surface area contributed by atoms with Gasteiger partial charge in [-0.1, -0.05) is 23.4 Å². The van der Waals surface area contributed by atoms with Crippen LogP contribution in [0, 0.1) is 0 Å². The summed E-state index contributed by atoms with van der Waals surface area (Å²) in [7, 11) is 1.61. The fourth-order valence-electron chi connectivity index (χ4n) is 3.42. The molecule has 0 fully saturated rings. The molecular formula is C27H24ClN5O4S. The van der Waals surface area contributed by atoms with Crippen molar-refractivity contribution in [2.45, 2.75) is 19.0 Å². The van der Waals surface area contributed by atoms with Gasteiger partial charge in [0.25, 0.3) is 5.91 Å². The van der Waals surface area contributed by atoms with Crippen LogP contribution in [0.1, 0.15) is 19.4 Å². The van der Waals surface area contributed by atoms with Crippen molar-refractivity contribution >= 4 is 41.0 Å². The van der Waals surface area contributed by atoms with E-state index < -0.39 is 5.97 Å². The summed E-state index contributed by atoms with van der Waals surface area (Å²) in [6.07, 6.45) is 0. The minimum absolute atomic E-state index is 0.0660. The van der Waals surface area contributed by atoms with Gasteiger partial charge >= 0.3 is 5.97 Å². The topological polar surface area (TPSA) is 108 Å². The Balaban J connectivity index is 1.48. The van der Waals surface area contributed by atoms with E-state index in [0.29, 0.717) is 27.5 Å². The van der Waals surface area contributed by atoms with Gasteiger partial charge < -0.3 is 9.47 Å². The van der Waals surface area contributed by atoms with Gasteiger partial charge in [-0.15, -0.1) is 10.2 Å². The highest BCUT2D eigenvalue weighted by Gasteiger charge is 2.17. The molecule has 0 saturated carbocycles. The molecule has 0 aliphatic rings. The molecular weight excluding hydrogens is 526 g/mol. The quantitative estimate of drug-likeness (QED) is 0.101. The zero-order valence-corrected chi connectivity index (χ0v) is 22.4. The van der Waals surface area contributed by atoms with Gasteiger partial charge in [-0.05, 0) is 85.3 Å². The van der Waals surface area contributed by atoms with Crippen molar-refractivity contribution in [3.8, 4) is 28.6 Å². The number of aromatic nitrogens is 3. The van der Waals surface area contributed by atoms with Crippen LogP contribution in [0.15, 0.2) is 83.1 Å². The summed E-state index contributed by atoms with van der Waals surface area (Å²) in [5.74, 6) is 1.15. The van der Waals surface area contributed by atoms with Gasteiger partial charge in [-0.2, -0.15) is 5.10 Å². The van der Waals surface area contributed by atoms with Crippen molar-refractivity contribution in [3.05, 3.63) is 83.4 Å². The van der Waals surface area contributed by atoms with Gasteiger partial charge in [0.05, 0.1) is 18.6 Å². The standard InChI is InChI=1S/C27H24ClN5O4S/c1-17(19-4-14-24(15-5-19)37-18(2)34)29-30-25(35)16-38-27-32-31-26(20-6-12-23(36-3)13-7-20)33(27)22-10-8-21(28)9-11-22/h4-15H,16H2,1-3H3,(H,30,35)/b29-17-. The number of carbonyl (C=O) groups excluding carboxylic acids is 2. The first kappa shape index (κ1) is 26.9. The number of hydrazone groups is 1. The third kappa shape index (κ3) is 6.78. The number of benzene rings is 3. The van der Waals surface area contributed by atoms with Crippen molar-refractivity contribution in [2.75, 3.05) is 12.9 Å². The summed E-state index contributed by atoms with van der Waals surface area (Å²) in [6, 6.07) is 21.6. The predicted octanol–water partition coefficient (Wildman–Crippen LogP) is 5.15. The Morgan fingerprint density at radius 2 is 1.61 bits per heavy atom. The second-order valence-corrected chi connectivity index (χ2v) is 9.36. The number of hydrogen-bond acceptors (Lipinski definition) is 8. The Morgan fingerprint density at radius 3 is 2.24 bits per heavy atom. The first-order chi connectivity index (χ1) is 18.3. The van der Waals surface area contributed by atoms with Gasteiger partial charge in [-0.3, -0.25) is 14.2 Å². The monoisotopic (exact) mass is 549 g/mol. The summed E-state index contributed by atoms with van der Waals surface area (Å²) in [6.45, 7) is 3.11. The zero-order chi connectivity index (χ0) is 27.1. The highest BCUT2D eigenvalue weighted by molar-refractivity contribution is 7.99. The van der Waals surface area contributed by atoms with Crippen LogP contribution in [0.2, 0.25) is 5.02 Å². The number of carbonyl (C=O) groups is 2. The number of halogens is 1. The van der Waals surface area contributed by atoms with Gasteiger partial charge in [0.1, 0.15) is 11.5 Å². The van der Waals surface area contributed by atoms with E-state index in [-0.39, 0.29) is 11.7 Å². The van der Waals surface area contributed by atoms with Crippen LogP contribution < -0.4 is 14.9 Å². The number of rotatable bonds is 9. The van der Waals surface area contributed by atoms with Crippen molar-refractivity contribution in [1.82, 2.24) is 20.2 Å². The fourth-order valence-corrected chi connectivity index (χ4v) is 4.29. The molecule has 0 saturated heterocycles. The summed E-state index contributed by atoms with van der Waals surface area (Å²) in [4.78, 5) is 23.7. The van der Waals surface area contributed by atoms with E-state index >= 15 is 0 Å². The highest BCUT2D eigenvalue weighted by Crippen LogP contribution is 2.29. The average Bonchev–Trinajstić information content (AvgIpc) is 3.35. The summed E-state index contributed by atoms with van der Waals surface area (Å²) < 4.78 is 12.2. The Kier molecular flexibility index (Phi) is 8.77. The zero-order valence-electron chi connectivity index (χ0n) is 20.8. The molecule has 11 heteroatoms. The number of amides is 1. The number of ether oxygens (including phenoxy) is 2. The van der Waals surface area contributed by atoms with E-state index in [1.165, 1.54) is 18.7 Å². The van der Waals surface area contributed by atoms with Gasteiger partial charge in [0.15, 0.2) is 11.0 Å². The molecule has 9 nitrogen and oxygen atoms in total. The molecule has 1 N–H and O–H groups in total. The van der Waals surface area contributed by atoms with E-state index in [2.05, 4.69) is 20.7 Å². The molecule has 0 aliphatic carbocycles. The van der Waals surface area contributed by atoms with Crippen LogP contribution in [0.3, 0.4) is 0 Å². The summed E-state index contributed by atoms with van der Waals surface area (Å²) in [5.41, 5.74) is 5.59. The van der Waals surface area contributed by atoms with E-state index in [0.717, 1.165) is 22.6 Å². The lowest BCUT2D eigenvalue weighted by molar-refractivity contribution is -0.131. The van der Waals surface area contributed by atoms with Gasteiger partial charge in [0, 0.05) is 23.2 Å². The maximum Gasteiger partial charge on any atom is 0.308 e. The highest BCUT2D eigenvalue weighted by atomic mass is 35.5. The third-order valence-electron chi connectivity index (χ3n) is 5.28. The number of nitrogens with zero attached hydrogens (tertiary/aromatic N) is 4. The molecule has 4 rings (SSSR count). The molecule has 0 radical (unpaired) electrons. The Labute approximate surface area is 228 Å². The molecule has 0 spiro atoms. The van der Waals surface area contributed by atoms with Crippen molar-refractivity contribution < 1.29 is 19.1 Å². The van der Waals surface area contributed by atoms with Crippen LogP contribution in [0.25, 0.3) is 17.1 Å². The Bertz CT molecular complexity index is 1450. The number of esters is 1. The Hall–Kier alpha value is -4.15. The van der Waals surface area contributed by atoms with Crippen LogP contribution in [-0.2, 0) is 9.59 Å². The smallest absolute Gasteiger partial charge is 0.308 e. The minimum Gasteiger partial charge on any atom is -0.497 e. The number of thioether (sulfide) groups is 1. The van der Waals surface area contributed by atoms with Crippen LogP contribution >= 0.6 is 23.4 Å². The molecule has 1 heterocycles. The molecule has 194 valence electrons. The maximum absolute atomic E-state index is 12.6. The SMILES string of the molecule is COc1ccc(-c2nnc(SCC(=O)N/N=C(/C)c3ccc(OC(C)=O)cc3)n2-c2ccc(Cl)cc2)cc1. The molecule has 3 aromatic carbocycles. The molecule has 0 bridgehead atoms. The maximum atomic E-state index is 12.6. The first-order valence-electron chi connectivity index (χ1n) is 11.4. The minimum atomic E-state index is -0.393. The second kappa shape index (κ2) is 12.4. The number of hydrogen-bond donors (Lipinski definition) is 1. The number of nitrogens with one attached hydrogen (secondary N) is 1. The average molecular weight is 550 g/mol. The van der Waals surface area contributed by atoms with Crippen LogP contribution in [-0.4, -0.2) is 45.2 Å². The third-order valence-corrected chi connectivity index (χ3v) is 6.46. The lowest BCUT2D eigenvalue weighted by Crippen LogP contribution is -2.21. The molecule has 0 unspecified atom stereocenters. The second-order valence-electron chi connectivity index (χ2n) is 7.99. The van der Waals surface area contributed by atoms with E-state index in [1.807, 2.05) is 41.0 Å². The van der Waals surface area contributed by atoms with Crippen molar-refractivity contribution in [3.63, 3.8) is 0 Å². The predicted molar refractivity (Wildman–Crippen MR) is 147 cm³/mol. The lowest BCUT2D eigenvalue weighted by atomic mass is 10.1. The van der Waals surface area contributed by atoms with Crippen molar-refractivity contribution in [2.24, 2.45) is 5.10 Å². The summed E-state index contributed by atoms with van der Waals surface area (Å²) in [5, 5.41) is 14.1. The molecule has 1 aromatic heterocycles. The number of methoxy groups -OCH3 is 1. The molecule has 0 atom stereocenters. The largest absolute Gasteiger partial charge is 0.497 e. The fraction of sp³-hybridized carbons (Fsp3) is 0.148. The van der Waals surface area contributed by atoms with E-state index in [9.17, 15) is 9.59 Å². The summed E-state index contributed by atoms with van der Waals surface area (Å²) >= 11 is 7.33. The lowest BCUT2D eigenvalue weighted by Gasteiger charge is -2.11. The van der Waals surface area contributed by atoms with Gasteiger partial charge in [-0.25, -0.2) is 5.43 Å². The molecule has 0 aliphatic heterocycles. The van der Waals surface area contributed by atoms with E-state index in [4.69, 9.17) is 21.1 Å².